The summed E-state index contributed by atoms with van der Waals surface area (Å²) in [6.45, 7) is 2.59. The number of carbonyl (C=O) groups excluding carboxylic acids is 1. The van der Waals surface area contributed by atoms with Crippen LogP contribution in [0.5, 0.6) is 23.0 Å². The third-order valence-corrected chi connectivity index (χ3v) is 4.46. The van der Waals surface area contributed by atoms with Crippen LogP contribution >= 0.6 is 0 Å². The van der Waals surface area contributed by atoms with Gasteiger partial charge in [-0.05, 0) is 38.2 Å². The van der Waals surface area contributed by atoms with Crippen molar-refractivity contribution < 1.29 is 28.8 Å². The highest BCUT2D eigenvalue weighted by molar-refractivity contribution is 5.94. The molecular weight excluding hydrogens is 374 g/mol. The lowest BCUT2D eigenvalue weighted by molar-refractivity contribution is 0.0730. The minimum absolute atomic E-state index is 0.0505. The van der Waals surface area contributed by atoms with Gasteiger partial charge in [0.1, 0.15) is 24.2 Å². The van der Waals surface area contributed by atoms with E-state index in [1.165, 1.54) is 14.0 Å². The van der Waals surface area contributed by atoms with Crippen molar-refractivity contribution in [2.75, 3.05) is 41.5 Å². The molecule has 29 heavy (non-hydrogen) atoms. The van der Waals surface area contributed by atoms with Gasteiger partial charge in [-0.1, -0.05) is 6.07 Å². The quantitative estimate of drug-likeness (QED) is 0.578. The van der Waals surface area contributed by atoms with E-state index in [-0.39, 0.29) is 12.4 Å². The van der Waals surface area contributed by atoms with Crippen LogP contribution in [0.3, 0.4) is 0 Å². The molecule has 0 saturated carbocycles. The Kier molecular flexibility index (Phi) is 8.30. The minimum atomic E-state index is -0.707. The Hall–Kier alpha value is -2.77. The fraction of sp³-hybridized carbons (Fsp3) is 0.409. The summed E-state index contributed by atoms with van der Waals surface area (Å²) in [5, 5.41) is 10.4. The molecule has 0 spiro atoms. The first-order chi connectivity index (χ1) is 13.9. The maximum atomic E-state index is 11.5. The Morgan fingerprint density at radius 2 is 1.72 bits per heavy atom. The number of rotatable bonds is 11. The molecule has 158 valence electrons. The van der Waals surface area contributed by atoms with Crippen LogP contribution in [-0.4, -0.2) is 63.4 Å². The lowest BCUT2D eigenvalue weighted by Crippen LogP contribution is -2.32. The summed E-state index contributed by atoms with van der Waals surface area (Å²) in [5.41, 5.74) is 1.54. The average Bonchev–Trinajstić information content (AvgIpc) is 2.72. The molecule has 0 bridgehead atoms. The third kappa shape index (κ3) is 6.37. The molecule has 2 aromatic rings. The van der Waals surface area contributed by atoms with Gasteiger partial charge in [-0.15, -0.1) is 0 Å². The first-order valence-corrected chi connectivity index (χ1v) is 9.27. The highest BCUT2D eigenvalue weighted by Gasteiger charge is 2.14. The van der Waals surface area contributed by atoms with Crippen molar-refractivity contribution in [1.29, 1.82) is 0 Å². The first-order valence-electron chi connectivity index (χ1n) is 9.27. The van der Waals surface area contributed by atoms with E-state index in [9.17, 15) is 9.90 Å². The van der Waals surface area contributed by atoms with Crippen molar-refractivity contribution >= 4 is 5.78 Å². The molecule has 0 saturated heterocycles. The molecule has 7 heteroatoms. The summed E-state index contributed by atoms with van der Waals surface area (Å²) >= 11 is 0. The second-order valence-electron chi connectivity index (χ2n) is 6.76. The number of ketones is 1. The standard InChI is InChI=1S/C22H29NO6/c1-15(24)16-7-9-20(22(10-16)28-5)29-14-18(25)13-23(2)12-17-6-8-19(26-3)11-21(17)27-4/h6-11,18,25H,12-14H2,1-5H3/t18-/m1/s1. The monoisotopic (exact) mass is 403 g/mol. The fourth-order valence-electron chi connectivity index (χ4n) is 2.94. The molecular formula is C22H29NO6. The van der Waals surface area contributed by atoms with E-state index in [1.807, 2.05) is 30.1 Å². The molecule has 2 aromatic carbocycles. The van der Waals surface area contributed by atoms with Crippen molar-refractivity contribution in [3.63, 3.8) is 0 Å². The van der Waals surface area contributed by atoms with E-state index in [2.05, 4.69) is 0 Å². The number of benzene rings is 2. The van der Waals surface area contributed by atoms with Crippen molar-refractivity contribution in [3.8, 4) is 23.0 Å². The second-order valence-corrected chi connectivity index (χ2v) is 6.76. The zero-order valence-corrected chi connectivity index (χ0v) is 17.6. The Bertz CT molecular complexity index is 823. The molecule has 0 aliphatic rings. The number of aliphatic hydroxyl groups excluding tert-OH is 1. The van der Waals surface area contributed by atoms with E-state index >= 15 is 0 Å². The SMILES string of the molecule is COc1ccc(CN(C)C[C@@H](O)COc2ccc(C(C)=O)cc2OC)c(OC)c1. The Morgan fingerprint density at radius 1 is 1.00 bits per heavy atom. The number of aliphatic hydroxyl groups is 1. The molecule has 2 rings (SSSR count). The van der Waals surface area contributed by atoms with Gasteiger partial charge >= 0.3 is 0 Å². The van der Waals surface area contributed by atoms with Gasteiger partial charge in [0.25, 0.3) is 0 Å². The smallest absolute Gasteiger partial charge is 0.161 e. The predicted molar refractivity (Wildman–Crippen MR) is 110 cm³/mol. The van der Waals surface area contributed by atoms with E-state index in [0.717, 1.165) is 17.1 Å². The number of hydrogen-bond acceptors (Lipinski definition) is 7. The van der Waals surface area contributed by atoms with Gasteiger partial charge in [0.15, 0.2) is 17.3 Å². The number of nitrogens with zero attached hydrogens (tertiary/aromatic N) is 1. The predicted octanol–water partition coefficient (Wildman–Crippen LogP) is 2.79. The largest absolute Gasteiger partial charge is 0.497 e. The normalized spacial score (nSPS) is 11.8. The van der Waals surface area contributed by atoms with Crippen LogP contribution in [0.1, 0.15) is 22.8 Å². The summed E-state index contributed by atoms with van der Waals surface area (Å²) in [7, 11) is 6.65. The molecule has 0 unspecified atom stereocenters. The van der Waals surface area contributed by atoms with Crippen LogP contribution in [0.15, 0.2) is 36.4 Å². The summed E-state index contributed by atoms with van der Waals surface area (Å²) in [4.78, 5) is 13.5. The Balaban J connectivity index is 1.92. The van der Waals surface area contributed by atoms with Gasteiger partial charge in [0.05, 0.1) is 21.3 Å². The topological polar surface area (TPSA) is 77.5 Å². The highest BCUT2D eigenvalue weighted by Crippen LogP contribution is 2.28. The van der Waals surface area contributed by atoms with Crippen molar-refractivity contribution in [3.05, 3.63) is 47.5 Å². The van der Waals surface area contributed by atoms with E-state index in [1.54, 1.807) is 32.4 Å². The van der Waals surface area contributed by atoms with E-state index in [0.29, 0.717) is 30.2 Å². The fourth-order valence-corrected chi connectivity index (χ4v) is 2.94. The summed E-state index contributed by atoms with van der Waals surface area (Å²) in [6, 6.07) is 10.6. The summed E-state index contributed by atoms with van der Waals surface area (Å²) in [6.07, 6.45) is -0.707. The third-order valence-electron chi connectivity index (χ3n) is 4.46. The van der Waals surface area contributed by atoms with Gasteiger partial charge in [0, 0.05) is 30.3 Å². The molecule has 0 amide bonds. The lowest BCUT2D eigenvalue weighted by Gasteiger charge is -2.22. The molecule has 7 nitrogen and oxygen atoms in total. The average molecular weight is 403 g/mol. The summed E-state index contributed by atoms with van der Waals surface area (Å²) < 4.78 is 21.6. The van der Waals surface area contributed by atoms with Crippen LogP contribution < -0.4 is 18.9 Å². The second kappa shape index (κ2) is 10.7. The Labute approximate surface area is 171 Å². The zero-order chi connectivity index (χ0) is 21.4. The molecule has 1 N–H and O–H groups in total. The maximum Gasteiger partial charge on any atom is 0.161 e. The number of ether oxygens (including phenoxy) is 4. The van der Waals surface area contributed by atoms with Crippen LogP contribution in [-0.2, 0) is 6.54 Å². The van der Waals surface area contributed by atoms with Crippen molar-refractivity contribution in [2.45, 2.75) is 19.6 Å². The molecule has 0 fully saturated rings. The van der Waals surface area contributed by atoms with Crippen molar-refractivity contribution in [2.24, 2.45) is 0 Å². The van der Waals surface area contributed by atoms with Crippen LogP contribution in [0.25, 0.3) is 0 Å². The van der Waals surface area contributed by atoms with Gasteiger partial charge < -0.3 is 24.1 Å². The number of likely N-dealkylation sites (N-methyl/N-ethyl adjacent to an activating group) is 1. The number of carbonyl (C=O) groups is 1. The van der Waals surface area contributed by atoms with E-state index in [4.69, 9.17) is 18.9 Å². The Morgan fingerprint density at radius 3 is 2.34 bits per heavy atom. The molecule has 0 aromatic heterocycles. The molecule has 1 atom stereocenters. The van der Waals surface area contributed by atoms with E-state index < -0.39 is 6.10 Å². The number of hydrogen-bond donors (Lipinski definition) is 1. The maximum absolute atomic E-state index is 11.5. The highest BCUT2D eigenvalue weighted by atomic mass is 16.5. The van der Waals surface area contributed by atoms with Crippen molar-refractivity contribution in [1.82, 2.24) is 4.90 Å². The van der Waals surface area contributed by atoms with Gasteiger partial charge in [-0.25, -0.2) is 0 Å². The minimum Gasteiger partial charge on any atom is -0.497 e. The first kappa shape index (κ1) is 22.5. The number of methoxy groups -OCH3 is 3. The van der Waals surface area contributed by atoms with Gasteiger partial charge in [0.2, 0.25) is 0 Å². The van der Waals surface area contributed by atoms with Gasteiger partial charge in [-0.3, -0.25) is 9.69 Å². The molecule has 0 heterocycles. The zero-order valence-electron chi connectivity index (χ0n) is 17.6. The van der Waals surface area contributed by atoms with Crippen LogP contribution in [0.4, 0.5) is 0 Å². The molecule has 0 aliphatic carbocycles. The van der Waals surface area contributed by atoms with Crippen LogP contribution in [0, 0.1) is 0 Å². The summed E-state index contributed by atoms with van der Waals surface area (Å²) in [5.74, 6) is 2.35. The van der Waals surface area contributed by atoms with Crippen LogP contribution in [0.2, 0.25) is 0 Å². The van der Waals surface area contributed by atoms with Gasteiger partial charge in [-0.2, -0.15) is 0 Å². The molecule has 0 radical (unpaired) electrons. The lowest BCUT2D eigenvalue weighted by atomic mass is 10.1. The number of Topliss-reactive ketones (excluding diaryl/α,β-unsaturated/α-hetero) is 1. The molecule has 0 aliphatic heterocycles.